The van der Waals surface area contributed by atoms with Crippen molar-refractivity contribution in [3.05, 3.63) is 47.3 Å². The maximum atomic E-state index is 11.4. The van der Waals surface area contributed by atoms with Gasteiger partial charge >= 0.3 is 0 Å². The van der Waals surface area contributed by atoms with E-state index < -0.39 is 10.0 Å². The van der Waals surface area contributed by atoms with Crippen LogP contribution in [0.4, 0.5) is 0 Å². The van der Waals surface area contributed by atoms with Crippen LogP contribution in [0.2, 0.25) is 0 Å². The first-order chi connectivity index (χ1) is 9.90. The van der Waals surface area contributed by atoms with Crippen LogP contribution in [0.5, 0.6) is 0 Å². The summed E-state index contributed by atoms with van der Waals surface area (Å²) in [5.41, 5.74) is 1.69. The summed E-state index contributed by atoms with van der Waals surface area (Å²) in [5.74, 6) is 0.760. The van der Waals surface area contributed by atoms with Gasteiger partial charge in [0.1, 0.15) is 5.76 Å². The van der Waals surface area contributed by atoms with Gasteiger partial charge in [-0.05, 0) is 31.0 Å². The van der Waals surface area contributed by atoms with Gasteiger partial charge in [0.15, 0.2) is 0 Å². The summed E-state index contributed by atoms with van der Waals surface area (Å²) in [6.07, 6.45) is 0.810. The molecule has 0 aliphatic heterocycles. The quantitative estimate of drug-likeness (QED) is 0.849. The van der Waals surface area contributed by atoms with Crippen molar-refractivity contribution in [2.75, 3.05) is 0 Å². The molecule has 0 saturated heterocycles. The second-order valence-electron chi connectivity index (χ2n) is 4.89. The summed E-state index contributed by atoms with van der Waals surface area (Å²) in [7, 11) is -3.69. The molecule has 21 heavy (non-hydrogen) atoms. The molecule has 7 heteroatoms. The van der Waals surface area contributed by atoms with Crippen molar-refractivity contribution in [3.63, 3.8) is 0 Å². The third-order valence-corrected chi connectivity index (χ3v) is 4.11. The Hall–Kier alpha value is -1.70. The minimum Gasteiger partial charge on any atom is -0.361 e. The number of nitrogens with one attached hydrogen (secondary N) is 1. The molecule has 1 aromatic heterocycles. The molecule has 1 heterocycles. The molecule has 2 rings (SSSR count). The second kappa shape index (κ2) is 6.38. The Morgan fingerprint density at radius 1 is 1.38 bits per heavy atom. The Morgan fingerprint density at radius 2 is 2.14 bits per heavy atom. The molecule has 0 spiro atoms. The summed E-state index contributed by atoms with van der Waals surface area (Å²) < 4.78 is 27.8. The van der Waals surface area contributed by atoms with Gasteiger partial charge in [0.05, 0.1) is 10.6 Å². The second-order valence-corrected chi connectivity index (χ2v) is 6.45. The molecule has 0 radical (unpaired) electrons. The largest absolute Gasteiger partial charge is 0.361 e. The van der Waals surface area contributed by atoms with Gasteiger partial charge in [0, 0.05) is 18.7 Å². The van der Waals surface area contributed by atoms with E-state index in [1.807, 2.05) is 26.0 Å². The lowest BCUT2D eigenvalue weighted by molar-refractivity contribution is 0.385. The van der Waals surface area contributed by atoms with Gasteiger partial charge < -0.3 is 9.84 Å². The summed E-state index contributed by atoms with van der Waals surface area (Å²) in [4.78, 5) is 0.123. The van der Waals surface area contributed by atoms with Crippen LogP contribution in [0.1, 0.15) is 36.4 Å². The highest BCUT2D eigenvalue weighted by Crippen LogP contribution is 2.20. The van der Waals surface area contributed by atoms with Crippen molar-refractivity contribution in [2.45, 2.75) is 37.8 Å². The number of rotatable bonds is 6. The molecule has 6 nitrogen and oxygen atoms in total. The van der Waals surface area contributed by atoms with Gasteiger partial charge in [-0.3, -0.25) is 0 Å². The standard InChI is InChI=1S/C14H19N3O3S/c1-3-14(16-9-12-7-10(2)20-17-12)11-5-4-6-13(8-11)21(15,18)19/h4-8,14,16H,3,9H2,1-2H3,(H2,15,18,19). The third-order valence-electron chi connectivity index (χ3n) is 3.20. The van der Waals surface area contributed by atoms with E-state index in [4.69, 9.17) is 9.66 Å². The lowest BCUT2D eigenvalue weighted by atomic mass is 10.0. The average molecular weight is 309 g/mol. The summed E-state index contributed by atoms with van der Waals surface area (Å²) in [5, 5.41) is 12.4. The van der Waals surface area contributed by atoms with E-state index in [0.29, 0.717) is 6.54 Å². The molecule has 114 valence electrons. The number of aromatic nitrogens is 1. The van der Waals surface area contributed by atoms with E-state index in [9.17, 15) is 8.42 Å². The minimum absolute atomic E-state index is 0.0173. The van der Waals surface area contributed by atoms with Crippen LogP contribution < -0.4 is 10.5 Å². The maximum Gasteiger partial charge on any atom is 0.238 e. The van der Waals surface area contributed by atoms with Crippen LogP contribution in [-0.4, -0.2) is 13.6 Å². The van der Waals surface area contributed by atoms with Gasteiger partial charge in [-0.15, -0.1) is 0 Å². The zero-order chi connectivity index (χ0) is 15.5. The van der Waals surface area contributed by atoms with Crippen LogP contribution in [0.3, 0.4) is 0 Å². The number of nitrogens with zero attached hydrogens (tertiary/aromatic N) is 1. The number of nitrogens with two attached hydrogens (primary N) is 1. The van der Waals surface area contributed by atoms with E-state index in [2.05, 4.69) is 10.5 Å². The molecule has 0 aliphatic rings. The number of hydrogen-bond acceptors (Lipinski definition) is 5. The fraction of sp³-hybridized carbons (Fsp3) is 0.357. The van der Waals surface area contributed by atoms with Crippen LogP contribution in [0.15, 0.2) is 39.8 Å². The monoisotopic (exact) mass is 309 g/mol. The molecule has 0 fully saturated rings. The number of hydrogen-bond donors (Lipinski definition) is 2. The smallest absolute Gasteiger partial charge is 0.238 e. The summed E-state index contributed by atoms with van der Waals surface area (Å²) in [6, 6.07) is 8.55. The zero-order valence-electron chi connectivity index (χ0n) is 12.0. The Kier molecular flexibility index (Phi) is 4.76. The number of primary sulfonamides is 1. The van der Waals surface area contributed by atoms with E-state index in [-0.39, 0.29) is 10.9 Å². The number of sulfonamides is 1. The molecule has 0 saturated carbocycles. The van der Waals surface area contributed by atoms with Crippen molar-refractivity contribution in [2.24, 2.45) is 5.14 Å². The van der Waals surface area contributed by atoms with E-state index in [1.54, 1.807) is 12.1 Å². The average Bonchev–Trinajstić information content (AvgIpc) is 2.85. The first kappa shape index (κ1) is 15.7. The molecule has 1 aromatic carbocycles. The van der Waals surface area contributed by atoms with Crippen LogP contribution in [-0.2, 0) is 16.6 Å². The number of aryl methyl sites for hydroxylation is 1. The summed E-state index contributed by atoms with van der Waals surface area (Å²) in [6.45, 7) is 4.41. The molecule has 0 aliphatic carbocycles. The Morgan fingerprint density at radius 3 is 2.71 bits per heavy atom. The van der Waals surface area contributed by atoms with E-state index in [0.717, 1.165) is 23.4 Å². The molecular formula is C14H19N3O3S. The predicted octanol–water partition coefficient (Wildman–Crippen LogP) is 1.87. The highest BCUT2D eigenvalue weighted by Gasteiger charge is 2.14. The lowest BCUT2D eigenvalue weighted by Crippen LogP contribution is -2.21. The highest BCUT2D eigenvalue weighted by molar-refractivity contribution is 7.89. The number of benzene rings is 1. The highest BCUT2D eigenvalue weighted by atomic mass is 32.2. The molecule has 3 N–H and O–H groups in total. The van der Waals surface area contributed by atoms with Gasteiger partial charge in [-0.1, -0.05) is 24.2 Å². The van der Waals surface area contributed by atoms with Gasteiger partial charge in [-0.25, -0.2) is 13.6 Å². The van der Waals surface area contributed by atoms with Crippen molar-refractivity contribution in [1.82, 2.24) is 10.5 Å². The molecule has 0 amide bonds. The maximum absolute atomic E-state index is 11.4. The molecule has 1 atom stereocenters. The first-order valence-electron chi connectivity index (χ1n) is 6.68. The first-order valence-corrected chi connectivity index (χ1v) is 8.23. The van der Waals surface area contributed by atoms with E-state index >= 15 is 0 Å². The normalized spacial score (nSPS) is 13.3. The molecule has 0 bridgehead atoms. The van der Waals surface area contributed by atoms with Crippen molar-refractivity contribution in [1.29, 1.82) is 0 Å². The van der Waals surface area contributed by atoms with Crippen LogP contribution >= 0.6 is 0 Å². The Balaban J connectivity index is 2.14. The third kappa shape index (κ3) is 4.13. The Labute approximate surface area is 124 Å². The van der Waals surface area contributed by atoms with Gasteiger partial charge in [-0.2, -0.15) is 0 Å². The topological polar surface area (TPSA) is 98.2 Å². The fourth-order valence-electron chi connectivity index (χ4n) is 2.14. The van der Waals surface area contributed by atoms with Gasteiger partial charge in [0.25, 0.3) is 0 Å². The van der Waals surface area contributed by atoms with Crippen molar-refractivity contribution >= 4 is 10.0 Å². The fourth-order valence-corrected chi connectivity index (χ4v) is 2.70. The van der Waals surface area contributed by atoms with Crippen molar-refractivity contribution < 1.29 is 12.9 Å². The van der Waals surface area contributed by atoms with E-state index in [1.165, 1.54) is 6.07 Å². The SMILES string of the molecule is CCC(NCc1cc(C)on1)c1cccc(S(N)(=O)=O)c1. The predicted molar refractivity (Wildman–Crippen MR) is 78.9 cm³/mol. The molecule has 2 aromatic rings. The van der Waals surface area contributed by atoms with Crippen molar-refractivity contribution in [3.8, 4) is 0 Å². The summed E-state index contributed by atoms with van der Waals surface area (Å²) >= 11 is 0. The van der Waals surface area contributed by atoms with Crippen LogP contribution in [0, 0.1) is 6.92 Å². The minimum atomic E-state index is -3.69. The van der Waals surface area contributed by atoms with Crippen LogP contribution in [0.25, 0.3) is 0 Å². The van der Waals surface area contributed by atoms with Gasteiger partial charge in [0.2, 0.25) is 10.0 Å². The lowest BCUT2D eigenvalue weighted by Gasteiger charge is -2.17. The molecular weight excluding hydrogens is 290 g/mol. The Bertz CT molecular complexity index is 710. The zero-order valence-corrected chi connectivity index (χ0v) is 12.9. The molecule has 1 unspecified atom stereocenters.